The molecule has 130 valence electrons. The molecule has 0 aliphatic heterocycles. The van der Waals surface area contributed by atoms with E-state index in [1.165, 1.54) is 25.2 Å². The first-order chi connectivity index (χ1) is 10.2. The van der Waals surface area contributed by atoms with Crippen molar-refractivity contribution in [1.29, 1.82) is 0 Å². The van der Waals surface area contributed by atoms with Gasteiger partial charge in [0, 0.05) is 5.69 Å². The molecule has 1 heterocycles. The zero-order valence-corrected chi connectivity index (χ0v) is 11.6. The number of rotatable bonds is 5. The molecule has 3 nitrogen and oxygen atoms in total. The van der Waals surface area contributed by atoms with Crippen molar-refractivity contribution in [3.05, 3.63) is 23.4 Å². The van der Waals surface area contributed by atoms with E-state index in [2.05, 4.69) is 4.98 Å². The topological polar surface area (TPSA) is 42.0 Å². The normalized spacial score (nSPS) is 13.3. The van der Waals surface area contributed by atoms with Gasteiger partial charge in [0.2, 0.25) is 0 Å². The molecule has 1 aromatic heterocycles. The second-order valence-electron chi connectivity index (χ2n) is 4.70. The summed E-state index contributed by atoms with van der Waals surface area (Å²) in [5.41, 5.74) is 0.620. The van der Waals surface area contributed by atoms with Crippen molar-refractivity contribution in [1.82, 2.24) is 4.98 Å². The van der Waals surface area contributed by atoms with E-state index >= 15 is 0 Å². The van der Waals surface area contributed by atoms with E-state index in [0.717, 1.165) is 6.07 Å². The van der Waals surface area contributed by atoms with E-state index in [9.17, 15) is 39.9 Å². The number of hydrogen-bond acceptors (Lipinski definition) is 2. The number of carbonyl (C=O) groups excluding carboxylic acids is 1. The summed E-state index contributed by atoms with van der Waals surface area (Å²) in [4.78, 5) is 14.7. The highest BCUT2D eigenvalue weighted by molar-refractivity contribution is 5.96. The number of carbonyl (C=O) groups is 1. The molecular formula is C12H10F8N2O. The van der Waals surface area contributed by atoms with E-state index in [1.807, 2.05) is 0 Å². The monoisotopic (exact) mass is 350 g/mol. The minimum atomic E-state index is -6.60. The van der Waals surface area contributed by atoms with E-state index in [1.54, 1.807) is 0 Å². The molecule has 0 spiro atoms. The van der Waals surface area contributed by atoms with Crippen LogP contribution in [-0.2, 0) is 4.79 Å². The third-order valence-electron chi connectivity index (χ3n) is 2.71. The van der Waals surface area contributed by atoms with Crippen molar-refractivity contribution in [3.63, 3.8) is 0 Å². The largest absolute Gasteiger partial charge is 0.393 e. The average molecular weight is 350 g/mol. The number of alkyl halides is 8. The summed E-state index contributed by atoms with van der Waals surface area (Å²) in [5, 5.41) is 1.22. The molecule has 23 heavy (non-hydrogen) atoms. The smallest absolute Gasteiger partial charge is 0.305 e. The zero-order valence-electron chi connectivity index (χ0n) is 11.6. The molecule has 11 heteroatoms. The van der Waals surface area contributed by atoms with Gasteiger partial charge in [-0.25, -0.2) is 13.8 Å². The molecule has 1 rings (SSSR count). The van der Waals surface area contributed by atoms with Crippen LogP contribution in [-0.4, -0.2) is 35.1 Å². The van der Waals surface area contributed by atoms with Crippen LogP contribution in [0, 0.1) is 13.8 Å². The van der Waals surface area contributed by atoms with Crippen molar-refractivity contribution in [2.45, 2.75) is 38.0 Å². The summed E-state index contributed by atoms with van der Waals surface area (Å²) >= 11 is 0. The molecule has 0 aliphatic carbocycles. The SMILES string of the molecule is Cc1cc(C)nc(NC(=O)C(F)(F)C(F)(F)C(F)(F)C(F)F)c1. The number of aromatic nitrogens is 1. The highest BCUT2D eigenvalue weighted by Gasteiger charge is 2.78. The molecule has 1 aromatic rings. The molecule has 1 N–H and O–H groups in total. The van der Waals surface area contributed by atoms with E-state index in [-0.39, 0.29) is 5.69 Å². The van der Waals surface area contributed by atoms with E-state index in [0.29, 0.717) is 5.56 Å². The number of aryl methyl sites for hydroxylation is 2. The fraction of sp³-hybridized carbons (Fsp3) is 0.500. The van der Waals surface area contributed by atoms with E-state index < -0.39 is 35.9 Å². The van der Waals surface area contributed by atoms with Crippen molar-refractivity contribution in [2.75, 3.05) is 5.32 Å². The molecule has 0 bridgehead atoms. The Hall–Kier alpha value is -1.94. The van der Waals surface area contributed by atoms with Gasteiger partial charge in [-0.2, -0.15) is 26.3 Å². The van der Waals surface area contributed by atoms with Gasteiger partial charge in [0.25, 0.3) is 0 Å². The lowest BCUT2D eigenvalue weighted by Gasteiger charge is -2.31. The van der Waals surface area contributed by atoms with Crippen LogP contribution in [0.4, 0.5) is 40.9 Å². The summed E-state index contributed by atoms with van der Waals surface area (Å²) < 4.78 is 102. The minimum absolute atomic E-state index is 0.216. The van der Waals surface area contributed by atoms with Crippen molar-refractivity contribution in [3.8, 4) is 0 Å². The van der Waals surface area contributed by atoms with Gasteiger partial charge in [-0.1, -0.05) is 0 Å². The lowest BCUT2D eigenvalue weighted by molar-refractivity contribution is -0.326. The number of nitrogens with zero attached hydrogens (tertiary/aromatic N) is 1. The molecular weight excluding hydrogens is 340 g/mol. The van der Waals surface area contributed by atoms with Gasteiger partial charge >= 0.3 is 30.1 Å². The van der Waals surface area contributed by atoms with Crippen LogP contribution in [0.5, 0.6) is 0 Å². The first kappa shape index (κ1) is 19.1. The molecule has 0 atom stereocenters. The predicted octanol–water partition coefficient (Wildman–Crippen LogP) is 3.81. The number of anilines is 1. The van der Waals surface area contributed by atoms with Gasteiger partial charge < -0.3 is 5.32 Å². The lowest BCUT2D eigenvalue weighted by Crippen LogP contribution is -2.61. The second-order valence-corrected chi connectivity index (χ2v) is 4.70. The molecule has 0 aromatic carbocycles. The van der Waals surface area contributed by atoms with Gasteiger partial charge in [-0.05, 0) is 31.5 Å². The maximum absolute atomic E-state index is 13.3. The van der Waals surface area contributed by atoms with Crippen LogP contribution >= 0.6 is 0 Å². The zero-order chi connectivity index (χ0) is 18.2. The third-order valence-corrected chi connectivity index (χ3v) is 2.71. The quantitative estimate of drug-likeness (QED) is 0.821. The highest BCUT2D eigenvalue weighted by atomic mass is 19.4. The first-order valence-electron chi connectivity index (χ1n) is 5.92. The molecule has 0 aliphatic rings. The summed E-state index contributed by atoms with van der Waals surface area (Å²) in [6, 6.07) is 2.46. The van der Waals surface area contributed by atoms with Crippen LogP contribution in [0.25, 0.3) is 0 Å². The summed E-state index contributed by atoms with van der Waals surface area (Å²) in [6.07, 6.45) is -5.09. The molecule has 0 fully saturated rings. The van der Waals surface area contributed by atoms with E-state index in [4.69, 9.17) is 0 Å². The van der Waals surface area contributed by atoms with Gasteiger partial charge in [-0.15, -0.1) is 0 Å². The fourth-order valence-corrected chi connectivity index (χ4v) is 1.59. The summed E-state index contributed by atoms with van der Waals surface area (Å²) in [5.74, 6) is -22.6. The van der Waals surface area contributed by atoms with Gasteiger partial charge in [0.15, 0.2) is 0 Å². The van der Waals surface area contributed by atoms with Crippen LogP contribution in [0.2, 0.25) is 0 Å². The number of pyridine rings is 1. The minimum Gasteiger partial charge on any atom is -0.305 e. The van der Waals surface area contributed by atoms with Gasteiger partial charge in [0.1, 0.15) is 5.82 Å². The maximum Gasteiger partial charge on any atom is 0.393 e. The number of nitrogens with one attached hydrogen (secondary N) is 1. The number of amides is 1. The van der Waals surface area contributed by atoms with Crippen molar-refractivity contribution >= 4 is 11.7 Å². The molecule has 0 saturated carbocycles. The van der Waals surface area contributed by atoms with Crippen molar-refractivity contribution < 1.29 is 39.9 Å². The Morgan fingerprint density at radius 3 is 2.04 bits per heavy atom. The summed E-state index contributed by atoms with van der Waals surface area (Å²) in [6.45, 7) is 2.85. The Labute approximate surface area is 124 Å². The van der Waals surface area contributed by atoms with Crippen LogP contribution in [0.1, 0.15) is 11.3 Å². The highest BCUT2D eigenvalue weighted by Crippen LogP contribution is 2.48. The second kappa shape index (κ2) is 5.93. The Kier molecular flexibility index (Phi) is 4.93. The van der Waals surface area contributed by atoms with Crippen LogP contribution in [0.15, 0.2) is 12.1 Å². The Bertz CT molecular complexity index is 582. The average Bonchev–Trinajstić information content (AvgIpc) is 2.36. The lowest BCUT2D eigenvalue weighted by atomic mass is 10.0. The third kappa shape index (κ3) is 3.37. The molecule has 0 radical (unpaired) electrons. The number of hydrogen-bond donors (Lipinski definition) is 1. The Balaban J connectivity index is 3.14. The fourth-order valence-electron chi connectivity index (χ4n) is 1.59. The molecule has 1 amide bonds. The Morgan fingerprint density at radius 1 is 1.09 bits per heavy atom. The van der Waals surface area contributed by atoms with Crippen LogP contribution < -0.4 is 5.32 Å². The standard InChI is InChI=1S/C12H10F8N2O/c1-5-3-6(2)21-7(4-5)22-9(23)11(17,18)12(19,20)10(15,16)8(13)14/h3-4,8H,1-2H3,(H,21,22,23). The summed E-state index contributed by atoms with van der Waals surface area (Å²) in [7, 11) is 0. The van der Waals surface area contributed by atoms with Gasteiger partial charge in [0.05, 0.1) is 0 Å². The van der Waals surface area contributed by atoms with Gasteiger partial charge in [-0.3, -0.25) is 4.79 Å². The maximum atomic E-state index is 13.3. The molecule has 0 saturated heterocycles. The predicted molar refractivity (Wildman–Crippen MR) is 63.2 cm³/mol. The van der Waals surface area contributed by atoms with Crippen LogP contribution in [0.3, 0.4) is 0 Å². The Morgan fingerprint density at radius 2 is 1.61 bits per heavy atom. The molecule has 0 unspecified atom stereocenters. The number of halogens is 8. The van der Waals surface area contributed by atoms with Crippen molar-refractivity contribution in [2.24, 2.45) is 0 Å². The first-order valence-corrected chi connectivity index (χ1v) is 5.92.